The molecule has 0 aliphatic heterocycles. The standard InChI is InChI=1S/C18H19ClN4O3/c1-3-22(4-2)17-10-9-16(23(25)26)11-14(17)12-20-21-18(24)13-5-7-15(19)8-6-13/h5-12H,3-4H2,1-2H3,(H,21,24)/b20-12+. The summed E-state index contributed by atoms with van der Waals surface area (Å²) in [5.74, 6) is -0.396. The molecule has 0 aliphatic carbocycles. The molecule has 0 atom stereocenters. The summed E-state index contributed by atoms with van der Waals surface area (Å²) in [5.41, 5.74) is 4.16. The molecule has 26 heavy (non-hydrogen) atoms. The van der Waals surface area contributed by atoms with Gasteiger partial charge in [-0.15, -0.1) is 0 Å². The normalized spacial score (nSPS) is 10.7. The Kier molecular flexibility index (Phi) is 6.68. The van der Waals surface area contributed by atoms with Crippen LogP contribution in [-0.2, 0) is 0 Å². The molecule has 0 aromatic heterocycles. The smallest absolute Gasteiger partial charge is 0.271 e. The fourth-order valence-corrected chi connectivity index (χ4v) is 2.56. The van der Waals surface area contributed by atoms with Crippen LogP contribution in [0.15, 0.2) is 47.6 Å². The first kappa shape index (κ1) is 19.4. The third-order valence-corrected chi connectivity index (χ3v) is 4.05. The van der Waals surface area contributed by atoms with Crippen LogP contribution < -0.4 is 10.3 Å². The quantitative estimate of drug-likeness (QED) is 0.453. The molecule has 2 rings (SSSR count). The Morgan fingerprint density at radius 2 is 1.88 bits per heavy atom. The number of carbonyl (C=O) groups is 1. The number of carbonyl (C=O) groups excluding carboxylic acids is 1. The molecule has 0 radical (unpaired) electrons. The maximum atomic E-state index is 12.1. The van der Waals surface area contributed by atoms with Gasteiger partial charge in [0.1, 0.15) is 0 Å². The highest BCUT2D eigenvalue weighted by atomic mass is 35.5. The van der Waals surface area contributed by atoms with E-state index < -0.39 is 10.8 Å². The Morgan fingerprint density at radius 1 is 1.23 bits per heavy atom. The summed E-state index contributed by atoms with van der Waals surface area (Å²) in [4.78, 5) is 24.7. The van der Waals surface area contributed by atoms with Crippen molar-refractivity contribution in [2.75, 3.05) is 18.0 Å². The van der Waals surface area contributed by atoms with Gasteiger partial charge in [0.15, 0.2) is 0 Å². The van der Waals surface area contributed by atoms with Crippen molar-refractivity contribution < 1.29 is 9.72 Å². The Balaban J connectivity index is 2.23. The number of anilines is 1. The number of halogens is 1. The van der Waals surface area contributed by atoms with E-state index in [4.69, 9.17) is 11.6 Å². The van der Waals surface area contributed by atoms with Crippen LogP contribution in [0.5, 0.6) is 0 Å². The van der Waals surface area contributed by atoms with E-state index >= 15 is 0 Å². The van der Waals surface area contributed by atoms with E-state index in [0.717, 1.165) is 18.8 Å². The minimum absolute atomic E-state index is 0.0358. The first-order valence-electron chi connectivity index (χ1n) is 8.08. The number of nitrogens with one attached hydrogen (secondary N) is 1. The van der Waals surface area contributed by atoms with E-state index in [1.807, 2.05) is 18.7 Å². The number of nitrogens with zero attached hydrogens (tertiary/aromatic N) is 3. The van der Waals surface area contributed by atoms with E-state index in [1.165, 1.54) is 18.3 Å². The maximum absolute atomic E-state index is 12.1. The van der Waals surface area contributed by atoms with Crippen LogP contribution in [0.3, 0.4) is 0 Å². The first-order chi connectivity index (χ1) is 12.5. The molecule has 136 valence electrons. The number of nitro groups is 1. The highest BCUT2D eigenvalue weighted by molar-refractivity contribution is 6.30. The Morgan fingerprint density at radius 3 is 2.46 bits per heavy atom. The van der Waals surface area contributed by atoms with Crippen molar-refractivity contribution in [1.82, 2.24) is 5.43 Å². The predicted molar refractivity (Wildman–Crippen MR) is 103 cm³/mol. The van der Waals surface area contributed by atoms with E-state index in [2.05, 4.69) is 10.5 Å². The number of hydrogen-bond acceptors (Lipinski definition) is 5. The van der Waals surface area contributed by atoms with Gasteiger partial charge in [-0.2, -0.15) is 5.10 Å². The van der Waals surface area contributed by atoms with Gasteiger partial charge in [-0.25, -0.2) is 5.43 Å². The predicted octanol–water partition coefficient (Wildman–Crippen LogP) is 3.86. The van der Waals surface area contributed by atoms with Crippen molar-refractivity contribution in [2.24, 2.45) is 5.10 Å². The first-order valence-corrected chi connectivity index (χ1v) is 8.46. The molecule has 0 unspecified atom stereocenters. The SMILES string of the molecule is CCN(CC)c1ccc([N+](=O)[O-])cc1/C=N/NC(=O)c1ccc(Cl)cc1. The van der Waals surface area contributed by atoms with E-state index in [9.17, 15) is 14.9 Å². The summed E-state index contributed by atoms with van der Waals surface area (Å²) in [6.45, 7) is 5.47. The van der Waals surface area contributed by atoms with Crippen LogP contribution >= 0.6 is 11.6 Å². The molecular weight excluding hydrogens is 356 g/mol. The monoisotopic (exact) mass is 374 g/mol. The van der Waals surface area contributed by atoms with E-state index in [1.54, 1.807) is 30.3 Å². The van der Waals surface area contributed by atoms with Gasteiger partial charge in [0.05, 0.1) is 11.1 Å². The number of non-ortho nitro benzene ring substituents is 1. The lowest BCUT2D eigenvalue weighted by Gasteiger charge is -2.22. The third kappa shape index (κ3) is 4.80. The second-order valence-electron chi connectivity index (χ2n) is 5.38. The Labute approximate surface area is 156 Å². The van der Waals surface area contributed by atoms with Crippen molar-refractivity contribution in [3.63, 3.8) is 0 Å². The molecule has 0 aliphatic rings. The van der Waals surface area contributed by atoms with Crippen molar-refractivity contribution >= 4 is 35.1 Å². The zero-order chi connectivity index (χ0) is 19.1. The Bertz CT molecular complexity index is 818. The molecule has 8 heteroatoms. The zero-order valence-electron chi connectivity index (χ0n) is 14.5. The summed E-state index contributed by atoms with van der Waals surface area (Å²) >= 11 is 5.79. The fourth-order valence-electron chi connectivity index (χ4n) is 2.44. The Hall–Kier alpha value is -2.93. The van der Waals surface area contributed by atoms with Crippen molar-refractivity contribution in [3.8, 4) is 0 Å². The highest BCUT2D eigenvalue weighted by Crippen LogP contribution is 2.24. The summed E-state index contributed by atoms with van der Waals surface area (Å²) in [5, 5.41) is 15.5. The number of nitro benzene ring substituents is 1. The van der Waals surface area contributed by atoms with Gasteiger partial charge >= 0.3 is 0 Å². The van der Waals surface area contributed by atoms with Crippen LogP contribution in [0, 0.1) is 10.1 Å². The number of hydrazone groups is 1. The topological polar surface area (TPSA) is 87.8 Å². The average molecular weight is 375 g/mol. The molecule has 0 bridgehead atoms. The average Bonchev–Trinajstić information content (AvgIpc) is 2.64. The van der Waals surface area contributed by atoms with Crippen molar-refractivity contribution in [1.29, 1.82) is 0 Å². The van der Waals surface area contributed by atoms with Gasteiger partial charge in [-0.05, 0) is 44.2 Å². The minimum atomic E-state index is -0.463. The molecule has 7 nitrogen and oxygen atoms in total. The lowest BCUT2D eigenvalue weighted by molar-refractivity contribution is -0.384. The molecule has 2 aromatic rings. The molecule has 0 fully saturated rings. The van der Waals surface area contributed by atoms with Crippen molar-refractivity contribution in [3.05, 3.63) is 68.7 Å². The van der Waals surface area contributed by atoms with E-state index in [0.29, 0.717) is 16.1 Å². The number of benzene rings is 2. The largest absolute Gasteiger partial charge is 0.372 e. The second kappa shape index (κ2) is 8.96. The van der Waals surface area contributed by atoms with Crippen LogP contribution in [0.1, 0.15) is 29.8 Å². The van der Waals surface area contributed by atoms with Gasteiger partial charge in [0.2, 0.25) is 0 Å². The summed E-state index contributed by atoms with van der Waals surface area (Å²) in [6, 6.07) is 11.0. The van der Waals surface area contributed by atoms with Gasteiger partial charge in [0, 0.05) is 47.1 Å². The van der Waals surface area contributed by atoms with Crippen molar-refractivity contribution in [2.45, 2.75) is 13.8 Å². The lowest BCUT2D eigenvalue weighted by Crippen LogP contribution is -2.23. The molecule has 2 aromatic carbocycles. The molecule has 0 spiro atoms. The molecule has 0 heterocycles. The lowest BCUT2D eigenvalue weighted by atomic mass is 10.1. The molecule has 0 saturated carbocycles. The fraction of sp³-hybridized carbons (Fsp3) is 0.222. The zero-order valence-corrected chi connectivity index (χ0v) is 15.2. The summed E-state index contributed by atoms with van der Waals surface area (Å²) in [6.07, 6.45) is 1.41. The van der Waals surface area contributed by atoms with Gasteiger partial charge in [0.25, 0.3) is 11.6 Å². The molecule has 1 amide bonds. The van der Waals surface area contributed by atoms with Gasteiger partial charge < -0.3 is 4.90 Å². The second-order valence-corrected chi connectivity index (χ2v) is 5.81. The minimum Gasteiger partial charge on any atom is -0.372 e. The van der Waals surface area contributed by atoms with Gasteiger partial charge in [-0.3, -0.25) is 14.9 Å². The number of hydrogen-bond donors (Lipinski definition) is 1. The summed E-state index contributed by atoms with van der Waals surface area (Å²) < 4.78 is 0. The van der Waals surface area contributed by atoms with E-state index in [-0.39, 0.29) is 5.69 Å². The molecule has 1 N–H and O–H groups in total. The highest BCUT2D eigenvalue weighted by Gasteiger charge is 2.13. The summed E-state index contributed by atoms with van der Waals surface area (Å²) in [7, 11) is 0. The maximum Gasteiger partial charge on any atom is 0.271 e. The molecular formula is C18H19ClN4O3. The third-order valence-electron chi connectivity index (χ3n) is 3.80. The van der Waals surface area contributed by atoms with Crippen LogP contribution in [-0.4, -0.2) is 30.1 Å². The molecule has 0 saturated heterocycles. The van der Waals surface area contributed by atoms with Crippen LogP contribution in [0.25, 0.3) is 0 Å². The van der Waals surface area contributed by atoms with Crippen LogP contribution in [0.4, 0.5) is 11.4 Å². The number of amides is 1. The van der Waals surface area contributed by atoms with Gasteiger partial charge in [-0.1, -0.05) is 11.6 Å². The van der Waals surface area contributed by atoms with Crippen LogP contribution in [0.2, 0.25) is 5.02 Å². The number of rotatable bonds is 7.